The first kappa shape index (κ1) is 12.3. The van der Waals surface area contributed by atoms with Crippen molar-refractivity contribution in [1.29, 1.82) is 0 Å². The summed E-state index contributed by atoms with van der Waals surface area (Å²) in [6, 6.07) is 0. The molecular weight excluding hydrogens is 283 g/mol. The fraction of sp³-hybridized carbons (Fsp3) is 0. The first-order valence-electron chi connectivity index (χ1n) is 4.30. The maximum absolute atomic E-state index is 5.63. The molecule has 0 unspecified atom stereocenters. The molecule has 0 saturated carbocycles. The van der Waals surface area contributed by atoms with Crippen LogP contribution in [0.3, 0.4) is 0 Å². The highest BCUT2D eigenvalue weighted by Gasteiger charge is 2.09. The zero-order valence-corrected chi connectivity index (χ0v) is 10.0. The highest BCUT2D eigenvalue weighted by atomic mass is 35.5. The summed E-state index contributed by atoms with van der Waals surface area (Å²) in [7, 11) is 0. The van der Waals surface area contributed by atoms with Crippen molar-refractivity contribution >= 4 is 46.2 Å². The molecule has 0 aliphatic rings. The van der Waals surface area contributed by atoms with Gasteiger partial charge in [0.15, 0.2) is 10.3 Å². The van der Waals surface area contributed by atoms with E-state index >= 15 is 0 Å². The Morgan fingerprint density at radius 1 is 0.722 bits per heavy atom. The Morgan fingerprint density at radius 2 is 1.11 bits per heavy atom. The molecule has 18 heavy (non-hydrogen) atoms. The van der Waals surface area contributed by atoms with Gasteiger partial charge in [0, 0.05) is 0 Å². The fourth-order valence-corrected chi connectivity index (χ4v) is 1.09. The summed E-state index contributed by atoms with van der Waals surface area (Å²) >= 11 is 11.3. The van der Waals surface area contributed by atoms with E-state index in [0.29, 0.717) is 0 Å². The van der Waals surface area contributed by atoms with Crippen molar-refractivity contribution < 1.29 is 0 Å². The quantitative estimate of drug-likeness (QED) is 0.773. The SMILES string of the molecule is Nc1c(Cl)nnnc1/N=N/c1nnnc(Cl)c1N. The number of nitrogens with two attached hydrogens (primary N) is 2. The number of hydrogen-bond donors (Lipinski definition) is 2. The molecule has 2 heterocycles. The first-order chi connectivity index (χ1) is 8.59. The fourth-order valence-electron chi connectivity index (χ4n) is 0.850. The van der Waals surface area contributed by atoms with Crippen molar-refractivity contribution in [2.45, 2.75) is 0 Å². The van der Waals surface area contributed by atoms with Gasteiger partial charge in [0.1, 0.15) is 11.4 Å². The predicted octanol–water partition coefficient (Wildman–Crippen LogP) is 0.943. The van der Waals surface area contributed by atoms with Crippen LogP contribution in [0.15, 0.2) is 10.2 Å². The van der Waals surface area contributed by atoms with Crippen LogP contribution < -0.4 is 11.5 Å². The maximum atomic E-state index is 5.63. The molecule has 0 aromatic carbocycles. The topological polar surface area (TPSA) is 154 Å². The smallest absolute Gasteiger partial charge is 0.224 e. The number of anilines is 2. The Kier molecular flexibility index (Phi) is 3.39. The highest BCUT2D eigenvalue weighted by molar-refractivity contribution is 6.32. The van der Waals surface area contributed by atoms with Gasteiger partial charge in [-0.15, -0.1) is 30.6 Å². The summed E-state index contributed by atoms with van der Waals surface area (Å²) in [4.78, 5) is 0. The average Bonchev–Trinajstić information content (AvgIpc) is 2.36. The molecule has 92 valence electrons. The molecule has 12 heteroatoms. The summed E-state index contributed by atoms with van der Waals surface area (Å²) in [5, 5.41) is 27.8. The zero-order chi connectivity index (χ0) is 13.1. The monoisotopic (exact) mass is 286 g/mol. The van der Waals surface area contributed by atoms with E-state index in [9.17, 15) is 0 Å². The van der Waals surface area contributed by atoms with Gasteiger partial charge in [0.05, 0.1) is 0 Å². The molecule has 4 N–H and O–H groups in total. The van der Waals surface area contributed by atoms with Crippen LogP contribution in [-0.2, 0) is 0 Å². The second-order valence-electron chi connectivity index (χ2n) is 2.84. The van der Waals surface area contributed by atoms with E-state index in [0.717, 1.165) is 0 Å². The number of nitrogens with zero attached hydrogens (tertiary/aromatic N) is 8. The van der Waals surface area contributed by atoms with Crippen LogP contribution in [0.4, 0.5) is 23.0 Å². The molecule has 0 bridgehead atoms. The normalized spacial score (nSPS) is 11.0. The van der Waals surface area contributed by atoms with Crippen LogP contribution in [0, 0.1) is 0 Å². The summed E-state index contributed by atoms with van der Waals surface area (Å²) in [6.07, 6.45) is 0. The Morgan fingerprint density at radius 3 is 1.50 bits per heavy atom. The molecule has 0 fully saturated rings. The van der Waals surface area contributed by atoms with Crippen LogP contribution in [0.2, 0.25) is 10.3 Å². The van der Waals surface area contributed by atoms with E-state index in [1.807, 2.05) is 0 Å². The Labute approximate surface area is 109 Å². The third-order valence-corrected chi connectivity index (χ3v) is 2.27. The zero-order valence-electron chi connectivity index (χ0n) is 8.49. The molecule has 0 saturated heterocycles. The summed E-state index contributed by atoms with van der Waals surface area (Å²) in [5.41, 5.74) is 11.2. The third kappa shape index (κ3) is 2.38. The van der Waals surface area contributed by atoms with E-state index in [1.54, 1.807) is 0 Å². The van der Waals surface area contributed by atoms with Gasteiger partial charge in [0.25, 0.3) is 0 Å². The molecule has 2 aromatic rings. The maximum Gasteiger partial charge on any atom is 0.224 e. The molecule has 0 spiro atoms. The molecular formula is C6H4Cl2N10. The molecule has 2 aromatic heterocycles. The predicted molar refractivity (Wildman–Crippen MR) is 62.7 cm³/mol. The lowest BCUT2D eigenvalue weighted by atomic mass is 10.5. The number of rotatable bonds is 2. The summed E-state index contributed by atoms with van der Waals surface area (Å²) in [6.45, 7) is 0. The Bertz CT molecular complexity index is 560. The van der Waals surface area contributed by atoms with E-state index in [2.05, 4.69) is 41.0 Å². The minimum absolute atomic E-state index is 0.0239. The molecule has 10 nitrogen and oxygen atoms in total. The lowest BCUT2D eigenvalue weighted by molar-refractivity contribution is 0.846. The second kappa shape index (κ2) is 4.98. The highest BCUT2D eigenvalue weighted by Crippen LogP contribution is 2.28. The van der Waals surface area contributed by atoms with Gasteiger partial charge < -0.3 is 11.5 Å². The molecule has 0 atom stereocenters. The van der Waals surface area contributed by atoms with Crippen molar-refractivity contribution in [3.63, 3.8) is 0 Å². The Hall–Kier alpha value is -2.20. The van der Waals surface area contributed by atoms with Crippen LogP contribution in [0.5, 0.6) is 0 Å². The van der Waals surface area contributed by atoms with Gasteiger partial charge in [-0.25, -0.2) is 0 Å². The van der Waals surface area contributed by atoms with Crippen LogP contribution in [-0.4, -0.2) is 30.8 Å². The number of hydrogen-bond acceptors (Lipinski definition) is 10. The third-order valence-electron chi connectivity index (χ3n) is 1.71. The van der Waals surface area contributed by atoms with E-state index in [1.165, 1.54) is 0 Å². The van der Waals surface area contributed by atoms with Crippen molar-refractivity contribution in [2.75, 3.05) is 11.5 Å². The molecule has 0 aliphatic heterocycles. The standard InChI is InChI=1S/C6H4Cl2N10/c7-3-1(9)5(15-17-11-3)13-14-6-2(10)4(8)12-18-16-6/h(H2,9,17)(H2,10,18)/b14-13+. The lowest BCUT2D eigenvalue weighted by Gasteiger charge is -1.98. The van der Waals surface area contributed by atoms with Gasteiger partial charge in [-0.3, -0.25) is 0 Å². The van der Waals surface area contributed by atoms with Gasteiger partial charge in [-0.05, 0) is 10.4 Å². The summed E-state index contributed by atoms with van der Waals surface area (Å²) < 4.78 is 0. The van der Waals surface area contributed by atoms with E-state index < -0.39 is 0 Å². The van der Waals surface area contributed by atoms with Gasteiger partial charge in [-0.2, -0.15) is 0 Å². The van der Waals surface area contributed by atoms with Gasteiger partial charge >= 0.3 is 0 Å². The number of aromatic nitrogens is 6. The van der Waals surface area contributed by atoms with Crippen molar-refractivity contribution in [3.8, 4) is 0 Å². The molecule has 2 rings (SSSR count). The minimum atomic E-state index is -0.0363. The van der Waals surface area contributed by atoms with Crippen LogP contribution in [0.1, 0.15) is 0 Å². The number of halogens is 2. The second-order valence-corrected chi connectivity index (χ2v) is 3.55. The minimum Gasteiger partial charge on any atom is -0.393 e. The van der Waals surface area contributed by atoms with Gasteiger partial charge in [0.2, 0.25) is 11.6 Å². The Balaban J connectivity index is 2.36. The lowest BCUT2D eigenvalue weighted by Crippen LogP contribution is -1.96. The van der Waals surface area contributed by atoms with Crippen molar-refractivity contribution in [3.05, 3.63) is 10.3 Å². The van der Waals surface area contributed by atoms with Gasteiger partial charge in [-0.1, -0.05) is 23.2 Å². The average molecular weight is 287 g/mol. The number of azo groups is 1. The van der Waals surface area contributed by atoms with Crippen molar-refractivity contribution in [1.82, 2.24) is 30.8 Å². The first-order valence-corrected chi connectivity index (χ1v) is 5.05. The molecule has 0 amide bonds. The van der Waals surface area contributed by atoms with E-state index in [-0.39, 0.29) is 33.3 Å². The number of nitrogen functional groups attached to an aromatic ring is 2. The largest absolute Gasteiger partial charge is 0.393 e. The van der Waals surface area contributed by atoms with Crippen LogP contribution in [0.25, 0.3) is 0 Å². The van der Waals surface area contributed by atoms with E-state index in [4.69, 9.17) is 34.7 Å². The van der Waals surface area contributed by atoms with Crippen molar-refractivity contribution in [2.24, 2.45) is 10.2 Å². The van der Waals surface area contributed by atoms with Crippen LogP contribution >= 0.6 is 23.2 Å². The molecule has 0 radical (unpaired) electrons. The molecule has 0 aliphatic carbocycles. The summed E-state index contributed by atoms with van der Waals surface area (Å²) in [5.74, 6) is -0.0479.